The molecule has 1 aliphatic heterocycles. The van der Waals surface area contributed by atoms with Gasteiger partial charge in [0.1, 0.15) is 0 Å². The largest absolute Gasteiger partial charge is 0.392 e. The summed E-state index contributed by atoms with van der Waals surface area (Å²) in [5.74, 6) is 0. The number of nitrogens with zero attached hydrogens (tertiary/aromatic N) is 1. The summed E-state index contributed by atoms with van der Waals surface area (Å²) in [5.41, 5.74) is 0. The Labute approximate surface area is 123 Å². The molecule has 1 aliphatic rings. The highest BCUT2D eigenvalue weighted by molar-refractivity contribution is 9.11. The van der Waals surface area contributed by atoms with Gasteiger partial charge in [0.15, 0.2) is 0 Å². The maximum atomic E-state index is 12.4. The summed E-state index contributed by atoms with van der Waals surface area (Å²) < 4.78 is 27.5. The highest BCUT2D eigenvalue weighted by atomic mass is 79.9. The first-order chi connectivity index (χ1) is 8.41. The van der Waals surface area contributed by atoms with Gasteiger partial charge in [-0.15, -0.1) is 0 Å². The molecule has 0 aliphatic carbocycles. The second kappa shape index (κ2) is 5.58. The molecule has 0 bridgehead atoms. The molecule has 1 atom stereocenters. The van der Waals surface area contributed by atoms with E-state index in [9.17, 15) is 13.5 Å². The summed E-state index contributed by atoms with van der Waals surface area (Å²) in [4.78, 5) is 0.236. The first-order valence-corrected chi connectivity index (χ1v) is 8.57. The summed E-state index contributed by atoms with van der Waals surface area (Å²) in [7, 11) is -3.54. The lowest BCUT2D eigenvalue weighted by Crippen LogP contribution is -2.42. The molecule has 4 nitrogen and oxygen atoms in total. The smallest absolute Gasteiger partial charge is 0.244 e. The number of benzene rings is 1. The summed E-state index contributed by atoms with van der Waals surface area (Å²) >= 11 is 6.56. The molecule has 2 rings (SSSR count). The van der Waals surface area contributed by atoms with Crippen LogP contribution < -0.4 is 0 Å². The zero-order chi connectivity index (χ0) is 13.3. The molecule has 0 radical (unpaired) electrons. The van der Waals surface area contributed by atoms with E-state index in [1.54, 1.807) is 18.2 Å². The van der Waals surface area contributed by atoms with Crippen molar-refractivity contribution in [3.8, 4) is 0 Å². The molecule has 0 aromatic heterocycles. The van der Waals surface area contributed by atoms with Gasteiger partial charge < -0.3 is 5.11 Å². The number of aliphatic hydroxyl groups is 1. The number of piperidine rings is 1. The maximum Gasteiger partial charge on any atom is 0.244 e. The van der Waals surface area contributed by atoms with Crippen molar-refractivity contribution in [1.29, 1.82) is 0 Å². The maximum absolute atomic E-state index is 12.4. The highest BCUT2D eigenvalue weighted by Gasteiger charge is 2.30. The molecule has 1 N–H and O–H groups in total. The topological polar surface area (TPSA) is 57.6 Å². The SMILES string of the molecule is O=S(=O)(c1ccc(Br)cc1Br)N1CCC[C@H](O)C1. The summed E-state index contributed by atoms with van der Waals surface area (Å²) in [6, 6.07) is 4.95. The average Bonchev–Trinajstić information content (AvgIpc) is 2.28. The average molecular weight is 399 g/mol. The van der Waals surface area contributed by atoms with Crippen molar-refractivity contribution < 1.29 is 13.5 Å². The van der Waals surface area contributed by atoms with Gasteiger partial charge in [0.05, 0.1) is 11.0 Å². The first-order valence-electron chi connectivity index (χ1n) is 5.54. The number of β-amino-alcohol motifs (C(OH)–C–C–N with tert-alkyl or cyclic N) is 1. The predicted molar refractivity (Wildman–Crippen MR) is 75.8 cm³/mol. The number of aliphatic hydroxyl groups excluding tert-OH is 1. The fourth-order valence-electron chi connectivity index (χ4n) is 1.96. The molecule has 0 saturated carbocycles. The summed E-state index contributed by atoms with van der Waals surface area (Å²) in [6.07, 6.45) is 0.782. The number of halogens is 2. The number of sulfonamides is 1. The van der Waals surface area contributed by atoms with Crippen LogP contribution in [0.3, 0.4) is 0 Å². The Bertz CT molecular complexity index is 547. The fourth-order valence-corrected chi connectivity index (χ4v) is 5.18. The molecular weight excluding hydrogens is 386 g/mol. The van der Waals surface area contributed by atoms with Crippen LogP contribution in [0.2, 0.25) is 0 Å². The van der Waals surface area contributed by atoms with Crippen LogP contribution in [0, 0.1) is 0 Å². The number of hydrogen-bond donors (Lipinski definition) is 1. The van der Waals surface area contributed by atoms with E-state index in [4.69, 9.17) is 0 Å². The number of hydrogen-bond acceptors (Lipinski definition) is 3. The van der Waals surface area contributed by atoms with Crippen molar-refractivity contribution in [1.82, 2.24) is 4.31 Å². The lowest BCUT2D eigenvalue weighted by Gasteiger charge is -2.29. The number of rotatable bonds is 2. The minimum Gasteiger partial charge on any atom is -0.392 e. The molecular formula is C11H13Br2NO3S. The van der Waals surface area contributed by atoms with E-state index < -0.39 is 16.1 Å². The van der Waals surface area contributed by atoms with Crippen LogP contribution >= 0.6 is 31.9 Å². The van der Waals surface area contributed by atoms with E-state index >= 15 is 0 Å². The van der Waals surface area contributed by atoms with Crippen LogP contribution in [0.25, 0.3) is 0 Å². The van der Waals surface area contributed by atoms with E-state index in [0.717, 1.165) is 4.47 Å². The predicted octanol–water partition coefficient (Wildman–Crippen LogP) is 2.36. The Morgan fingerprint density at radius 1 is 1.33 bits per heavy atom. The van der Waals surface area contributed by atoms with Crippen molar-refractivity contribution in [2.75, 3.05) is 13.1 Å². The molecule has 1 fully saturated rings. The van der Waals surface area contributed by atoms with Crippen LogP contribution in [0.4, 0.5) is 0 Å². The van der Waals surface area contributed by atoms with Gasteiger partial charge in [-0.05, 0) is 47.0 Å². The zero-order valence-electron chi connectivity index (χ0n) is 9.51. The summed E-state index contributed by atoms with van der Waals surface area (Å²) in [6.45, 7) is 0.632. The Morgan fingerprint density at radius 3 is 2.67 bits per heavy atom. The van der Waals surface area contributed by atoms with E-state index in [0.29, 0.717) is 23.9 Å². The Kier molecular flexibility index (Phi) is 4.48. The molecule has 18 heavy (non-hydrogen) atoms. The molecule has 1 aromatic rings. The highest BCUT2D eigenvalue weighted by Crippen LogP contribution is 2.29. The van der Waals surface area contributed by atoms with Crippen LogP contribution in [-0.2, 0) is 10.0 Å². The van der Waals surface area contributed by atoms with Crippen molar-refractivity contribution in [2.45, 2.75) is 23.8 Å². The van der Waals surface area contributed by atoms with Crippen LogP contribution in [0.5, 0.6) is 0 Å². The molecule has 1 heterocycles. The summed E-state index contributed by atoms with van der Waals surface area (Å²) in [5, 5.41) is 9.58. The van der Waals surface area contributed by atoms with Crippen LogP contribution in [0.1, 0.15) is 12.8 Å². The van der Waals surface area contributed by atoms with Gasteiger partial charge in [0, 0.05) is 22.0 Å². The van der Waals surface area contributed by atoms with Crippen LogP contribution in [-0.4, -0.2) is 37.0 Å². The third-order valence-electron chi connectivity index (χ3n) is 2.87. The molecule has 1 saturated heterocycles. The molecule has 0 spiro atoms. The third kappa shape index (κ3) is 2.96. The van der Waals surface area contributed by atoms with E-state index in [2.05, 4.69) is 31.9 Å². The lowest BCUT2D eigenvalue weighted by molar-refractivity contribution is 0.108. The Hall–Kier alpha value is 0.0500. The van der Waals surface area contributed by atoms with Gasteiger partial charge in [-0.2, -0.15) is 4.31 Å². The van der Waals surface area contributed by atoms with Crippen molar-refractivity contribution in [3.63, 3.8) is 0 Å². The lowest BCUT2D eigenvalue weighted by atomic mass is 10.1. The standard InChI is InChI=1S/C11H13Br2NO3S/c12-8-3-4-11(10(13)6-8)18(16,17)14-5-1-2-9(15)7-14/h3-4,6,9,15H,1-2,5,7H2/t9-/m0/s1. The third-order valence-corrected chi connectivity index (χ3v) is 6.21. The normalized spacial score (nSPS) is 22.1. The second-order valence-corrected chi connectivity index (χ2v) is 7.91. The minimum atomic E-state index is -3.54. The first kappa shape index (κ1) is 14.5. The quantitative estimate of drug-likeness (QED) is 0.831. The van der Waals surface area contributed by atoms with Gasteiger partial charge in [-0.25, -0.2) is 8.42 Å². The zero-order valence-corrected chi connectivity index (χ0v) is 13.5. The van der Waals surface area contributed by atoms with Gasteiger partial charge in [0.25, 0.3) is 0 Å². The van der Waals surface area contributed by atoms with E-state index in [-0.39, 0.29) is 11.4 Å². The minimum absolute atomic E-state index is 0.171. The molecule has 1 aromatic carbocycles. The van der Waals surface area contributed by atoms with E-state index in [1.807, 2.05) is 0 Å². The Morgan fingerprint density at radius 2 is 2.06 bits per heavy atom. The fraction of sp³-hybridized carbons (Fsp3) is 0.455. The second-order valence-electron chi connectivity index (χ2n) is 4.23. The molecule has 0 amide bonds. The van der Waals surface area contributed by atoms with Gasteiger partial charge in [-0.3, -0.25) is 0 Å². The van der Waals surface area contributed by atoms with Crippen molar-refractivity contribution in [2.24, 2.45) is 0 Å². The van der Waals surface area contributed by atoms with Crippen molar-refractivity contribution >= 4 is 41.9 Å². The molecule has 7 heteroatoms. The van der Waals surface area contributed by atoms with Crippen molar-refractivity contribution in [3.05, 3.63) is 27.1 Å². The molecule has 100 valence electrons. The van der Waals surface area contributed by atoms with Crippen LogP contribution in [0.15, 0.2) is 32.0 Å². The van der Waals surface area contributed by atoms with E-state index in [1.165, 1.54) is 4.31 Å². The van der Waals surface area contributed by atoms with Gasteiger partial charge in [-0.1, -0.05) is 15.9 Å². The van der Waals surface area contributed by atoms with Gasteiger partial charge >= 0.3 is 0 Å². The monoisotopic (exact) mass is 397 g/mol. The Balaban J connectivity index is 2.35. The van der Waals surface area contributed by atoms with Gasteiger partial charge in [0.2, 0.25) is 10.0 Å². The molecule has 0 unspecified atom stereocenters.